The van der Waals surface area contributed by atoms with E-state index in [0.29, 0.717) is 0 Å². The molecule has 0 amide bonds. The molecule has 0 radical (unpaired) electrons. The molecule has 2 heteroatoms. The van der Waals surface area contributed by atoms with Gasteiger partial charge in [-0.3, -0.25) is 4.98 Å². The molecule has 1 aromatic carbocycles. The van der Waals surface area contributed by atoms with Crippen LogP contribution >= 0.6 is 0 Å². The van der Waals surface area contributed by atoms with Gasteiger partial charge in [0.25, 0.3) is 0 Å². The molecule has 0 fully saturated rings. The van der Waals surface area contributed by atoms with Crippen molar-refractivity contribution in [2.45, 2.75) is 25.4 Å². The lowest BCUT2D eigenvalue weighted by atomic mass is 10.1. The maximum absolute atomic E-state index is 6.05. The van der Waals surface area contributed by atoms with Crippen LogP contribution in [-0.4, -0.2) is 11.1 Å². The van der Waals surface area contributed by atoms with Crippen LogP contribution in [0.25, 0.3) is 10.8 Å². The lowest BCUT2D eigenvalue weighted by molar-refractivity contribution is 0.233. The molecule has 2 nitrogen and oxygen atoms in total. The van der Waals surface area contributed by atoms with Crippen molar-refractivity contribution in [3.05, 3.63) is 48.8 Å². The molecule has 1 aliphatic rings. The van der Waals surface area contributed by atoms with E-state index in [1.54, 1.807) is 0 Å². The largest absolute Gasteiger partial charge is 0.486 e. The third-order valence-electron chi connectivity index (χ3n) is 3.13. The minimum Gasteiger partial charge on any atom is -0.486 e. The second kappa shape index (κ2) is 4.58. The van der Waals surface area contributed by atoms with E-state index in [9.17, 15) is 0 Å². The summed E-state index contributed by atoms with van der Waals surface area (Å²) >= 11 is 0. The molecule has 0 saturated heterocycles. The highest BCUT2D eigenvalue weighted by molar-refractivity contribution is 5.87. The van der Waals surface area contributed by atoms with Crippen LogP contribution in [0.3, 0.4) is 0 Å². The van der Waals surface area contributed by atoms with Crippen LogP contribution in [0, 0.1) is 0 Å². The van der Waals surface area contributed by atoms with Crippen molar-refractivity contribution < 1.29 is 4.74 Å². The van der Waals surface area contributed by atoms with E-state index < -0.39 is 0 Å². The average molecular weight is 225 g/mol. The maximum Gasteiger partial charge on any atom is 0.128 e. The molecule has 0 spiro atoms. The fourth-order valence-electron chi connectivity index (χ4n) is 2.24. The summed E-state index contributed by atoms with van der Waals surface area (Å²) in [5.41, 5.74) is 0. The fraction of sp³-hybridized carbons (Fsp3) is 0.267. The van der Waals surface area contributed by atoms with Crippen molar-refractivity contribution in [2.75, 3.05) is 0 Å². The number of ether oxygens (including phenoxy) is 1. The first-order valence-corrected chi connectivity index (χ1v) is 6.09. The van der Waals surface area contributed by atoms with Gasteiger partial charge in [0, 0.05) is 23.2 Å². The second-order valence-corrected chi connectivity index (χ2v) is 4.37. The van der Waals surface area contributed by atoms with E-state index in [1.165, 1.54) is 12.8 Å². The molecule has 0 N–H and O–H groups in total. The Balaban J connectivity index is 1.94. The number of benzene rings is 1. The summed E-state index contributed by atoms with van der Waals surface area (Å²) in [6, 6.07) is 8.12. The van der Waals surface area contributed by atoms with Crippen LogP contribution < -0.4 is 4.74 Å². The highest BCUT2D eigenvalue weighted by Gasteiger charge is 2.11. The number of aromatic nitrogens is 1. The normalized spacial score (nSPS) is 19.4. The Hall–Kier alpha value is -1.83. The molecular weight excluding hydrogens is 210 g/mol. The SMILES string of the molecule is C1=CC(Oc2cccc3cnccc23)CCC1. The number of allylic oxidation sites excluding steroid dienone is 1. The van der Waals surface area contributed by atoms with Gasteiger partial charge in [0.05, 0.1) is 0 Å². The summed E-state index contributed by atoms with van der Waals surface area (Å²) in [6.45, 7) is 0. The van der Waals surface area contributed by atoms with E-state index >= 15 is 0 Å². The summed E-state index contributed by atoms with van der Waals surface area (Å²) in [4.78, 5) is 4.13. The Kier molecular flexibility index (Phi) is 2.78. The molecule has 0 saturated carbocycles. The monoisotopic (exact) mass is 225 g/mol. The van der Waals surface area contributed by atoms with Gasteiger partial charge < -0.3 is 4.74 Å². The number of rotatable bonds is 2. The molecular formula is C15H15NO. The summed E-state index contributed by atoms with van der Waals surface area (Å²) in [5.74, 6) is 0.960. The number of hydrogen-bond acceptors (Lipinski definition) is 2. The zero-order chi connectivity index (χ0) is 11.5. The standard InChI is InChI=1S/C15H15NO/c1-2-6-13(7-3-1)17-15-8-4-5-12-11-16-10-9-14(12)15/h2,4-6,8-11,13H,1,3,7H2. The van der Waals surface area contributed by atoms with Gasteiger partial charge >= 0.3 is 0 Å². The van der Waals surface area contributed by atoms with Crippen LogP contribution in [0.2, 0.25) is 0 Å². The van der Waals surface area contributed by atoms with E-state index in [1.807, 2.05) is 30.6 Å². The predicted molar refractivity (Wildman–Crippen MR) is 69.2 cm³/mol. The predicted octanol–water partition coefficient (Wildman–Crippen LogP) is 3.72. The van der Waals surface area contributed by atoms with Crippen molar-refractivity contribution >= 4 is 10.8 Å². The first-order valence-electron chi connectivity index (χ1n) is 6.09. The molecule has 17 heavy (non-hydrogen) atoms. The molecule has 86 valence electrons. The third kappa shape index (κ3) is 2.16. The summed E-state index contributed by atoms with van der Waals surface area (Å²) in [7, 11) is 0. The highest BCUT2D eigenvalue weighted by Crippen LogP contribution is 2.27. The first-order chi connectivity index (χ1) is 8.43. The summed E-state index contributed by atoms with van der Waals surface area (Å²) in [6.07, 6.45) is 11.8. The smallest absolute Gasteiger partial charge is 0.128 e. The zero-order valence-corrected chi connectivity index (χ0v) is 9.67. The van der Waals surface area contributed by atoms with Crippen LogP contribution in [-0.2, 0) is 0 Å². The van der Waals surface area contributed by atoms with Crippen LogP contribution in [0.5, 0.6) is 5.75 Å². The number of nitrogens with zero attached hydrogens (tertiary/aromatic N) is 1. The third-order valence-corrected chi connectivity index (χ3v) is 3.13. The number of hydrogen-bond donors (Lipinski definition) is 0. The van der Waals surface area contributed by atoms with Gasteiger partial charge in [0.2, 0.25) is 0 Å². The van der Waals surface area contributed by atoms with E-state index in [-0.39, 0.29) is 6.10 Å². The van der Waals surface area contributed by atoms with Crippen molar-refractivity contribution in [2.24, 2.45) is 0 Å². The Morgan fingerprint density at radius 3 is 3.12 bits per heavy atom. The zero-order valence-electron chi connectivity index (χ0n) is 9.67. The topological polar surface area (TPSA) is 22.1 Å². The average Bonchev–Trinajstić information content (AvgIpc) is 2.40. The minimum atomic E-state index is 0.225. The molecule has 2 aromatic rings. The quantitative estimate of drug-likeness (QED) is 0.727. The van der Waals surface area contributed by atoms with Gasteiger partial charge in [-0.15, -0.1) is 0 Å². The molecule has 1 aromatic heterocycles. The molecule has 0 bridgehead atoms. The summed E-state index contributed by atoms with van der Waals surface area (Å²) < 4.78 is 6.05. The Morgan fingerprint density at radius 2 is 2.24 bits per heavy atom. The Morgan fingerprint density at radius 1 is 1.24 bits per heavy atom. The number of fused-ring (bicyclic) bond motifs is 1. The van der Waals surface area contributed by atoms with Gasteiger partial charge in [0.15, 0.2) is 0 Å². The van der Waals surface area contributed by atoms with Gasteiger partial charge in [-0.25, -0.2) is 0 Å². The Bertz CT molecular complexity index is 542. The molecule has 0 aliphatic heterocycles. The van der Waals surface area contributed by atoms with Crippen molar-refractivity contribution in [3.8, 4) is 5.75 Å². The van der Waals surface area contributed by atoms with Crippen molar-refractivity contribution in [1.82, 2.24) is 4.98 Å². The fourth-order valence-corrected chi connectivity index (χ4v) is 2.24. The second-order valence-electron chi connectivity index (χ2n) is 4.37. The molecule has 1 atom stereocenters. The maximum atomic E-state index is 6.05. The van der Waals surface area contributed by atoms with E-state index in [2.05, 4.69) is 23.2 Å². The molecule has 1 aliphatic carbocycles. The van der Waals surface area contributed by atoms with Gasteiger partial charge in [-0.1, -0.05) is 18.2 Å². The van der Waals surface area contributed by atoms with Crippen molar-refractivity contribution in [1.29, 1.82) is 0 Å². The van der Waals surface area contributed by atoms with Crippen LogP contribution in [0.4, 0.5) is 0 Å². The minimum absolute atomic E-state index is 0.225. The molecule has 1 unspecified atom stereocenters. The summed E-state index contributed by atoms with van der Waals surface area (Å²) in [5, 5.41) is 2.27. The van der Waals surface area contributed by atoms with Gasteiger partial charge in [0.1, 0.15) is 11.9 Å². The van der Waals surface area contributed by atoms with E-state index in [0.717, 1.165) is 22.9 Å². The lowest BCUT2D eigenvalue weighted by Gasteiger charge is -2.19. The molecule has 1 heterocycles. The first kappa shape index (κ1) is 10.3. The van der Waals surface area contributed by atoms with Crippen molar-refractivity contribution in [3.63, 3.8) is 0 Å². The Labute approximate surface area is 101 Å². The van der Waals surface area contributed by atoms with Crippen LogP contribution in [0.1, 0.15) is 19.3 Å². The van der Waals surface area contributed by atoms with E-state index in [4.69, 9.17) is 4.74 Å². The van der Waals surface area contributed by atoms with Gasteiger partial charge in [-0.2, -0.15) is 0 Å². The highest BCUT2D eigenvalue weighted by atomic mass is 16.5. The lowest BCUT2D eigenvalue weighted by Crippen LogP contribution is -2.15. The van der Waals surface area contributed by atoms with Crippen LogP contribution in [0.15, 0.2) is 48.8 Å². The number of pyridine rings is 1. The molecule has 3 rings (SSSR count). The van der Waals surface area contributed by atoms with Gasteiger partial charge in [-0.05, 0) is 37.5 Å².